The Morgan fingerprint density at radius 1 is 0.750 bits per heavy atom. The van der Waals surface area contributed by atoms with Gasteiger partial charge in [-0.1, -0.05) is 119 Å². The van der Waals surface area contributed by atoms with Gasteiger partial charge in [0, 0.05) is 6.61 Å². The normalized spacial score (nSPS) is 18.9. The van der Waals surface area contributed by atoms with Gasteiger partial charge in [-0.2, -0.15) is 0 Å². The van der Waals surface area contributed by atoms with Crippen LogP contribution in [0.4, 0.5) is 0 Å². The highest BCUT2D eigenvalue weighted by atomic mass is 28.4. The van der Waals surface area contributed by atoms with Crippen LogP contribution in [0.5, 0.6) is 0 Å². The fourth-order valence-corrected chi connectivity index (χ4v) is 10.4. The van der Waals surface area contributed by atoms with E-state index < -0.39 is 8.32 Å². The summed E-state index contributed by atoms with van der Waals surface area (Å²) in [6, 6.07) is 32.0. The molecule has 1 aliphatic rings. The first-order valence-corrected chi connectivity index (χ1v) is 17.0. The molecule has 216 valence electrons. The van der Waals surface area contributed by atoms with Crippen molar-refractivity contribution in [2.45, 2.75) is 89.8 Å². The summed E-state index contributed by atoms with van der Waals surface area (Å²) in [4.78, 5) is 0. The van der Waals surface area contributed by atoms with Crippen LogP contribution in [-0.4, -0.2) is 46.4 Å². The fraction of sp³-hybridized carbons (Fsp3) is 0.486. The van der Waals surface area contributed by atoms with Gasteiger partial charge in [-0.15, -0.1) is 0 Å². The number of benzene rings is 3. The third-order valence-corrected chi connectivity index (χ3v) is 12.9. The lowest BCUT2D eigenvalue weighted by Gasteiger charge is -2.43. The molecule has 1 unspecified atom stereocenters. The summed E-state index contributed by atoms with van der Waals surface area (Å²) in [6.07, 6.45) is 5.51. The molecular weight excluding hydrogens is 512 g/mol. The molecule has 1 fully saturated rings. The second-order valence-corrected chi connectivity index (χ2v) is 16.3. The molecule has 3 atom stereocenters. The molecule has 0 saturated heterocycles. The van der Waals surface area contributed by atoms with E-state index in [-0.39, 0.29) is 23.4 Å². The Bertz CT molecular complexity index is 1060. The van der Waals surface area contributed by atoms with E-state index in [4.69, 9.17) is 18.6 Å². The summed E-state index contributed by atoms with van der Waals surface area (Å²) in [6.45, 7) is 11.5. The zero-order valence-electron chi connectivity index (χ0n) is 24.9. The number of ether oxygens (including phenoxy) is 3. The van der Waals surface area contributed by atoms with E-state index in [9.17, 15) is 0 Å². The van der Waals surface area contributed by atoms with Crippen LogP contribution in [0.25, 0.3) is 0 Å². The van der Waals surface area contributed by atoms with Gasteiger partial charge in [0.2, 0.25) is 0 Å². The van der Waals surface area contributed by atoms with Crippen LogP contribution in [-0.2, 0) is 25.2 Å². The highest BCUT2D eigenvalue weighted by molar-refractivity contribution is 6.99. The first kappa shape index (κ1) is 30.7. The second-order valence-electron chi connectivity index (χ2n) is 12.0. The highest BCUT2D eigenvalue weighted by Gasteiger charge is 2.50. The minimum atomic E-state index is -2.63. The molecule has 4 nitrogen and oxygen atoms in total. The molecular formula is C35H48O4Si. The van der Waals surface area contributed by atoms with Crippen LogP contribution in [0.2, 0.25) is 5.04 Å². The van der Waals surface area contributed by atoms with E-state index in [1.54, 1.807) is 0 Å². The smallest absolute Gasteiger partial charge is 0.261 e. The van der Waals surface area contributed by atoms with Gasteiger partial charge in [-0.3, -0.25) is 0 Å². The predicted molar refractivity (Wildman–Crippen MR) is 167 cm³/mol. The fourth-order valence-electron chi connectivity index (χ4n) is 5.84. The van der Waals surface area contributed by atoms with Crippen LogP contribution in [0.1, 0.15) is 65.4 Å². The van der Waals surface area contributed by atoms with Crippen LogP contribution >= 0.6 is 0 Å². The lowest BCUT2D eigenvalue weighted by Crippen LogP contribution is -2.67. The minimum Gasteiger partial charge on any atom is -0.405 e. The first-order valence-electron chi connectivity index (χ1n) is 15.1. The zero-order valence-corrected chi connectivity index (χ0v) is 25.9. The third kappa shape index (κ3) is 8.14. The van der Waals surface area contributed by atoms with Crippen LogP contribution in [0.15, 0.2) is 91.0 Å². The van der Waals surface area contributed by atoms with Gasteiger partial charge in [-0.05, 0) is 53.1 Å². The van der Waals surface area contributed by atoms with Crippen molar-refractivity contribution in [3.05, 3.63) is 96.6 Å². The van der Waals surface area contributed by atoms with Gasteiger partial charge in [-0.25, -0.2) is 0 Å². The zero-order chi connectivity index (χ0) is 28.3. The maximum Gasteiger partial charge on any atom is 0.261 e. The molecule has 3 aromatic rings. The molecule has 3 aromatic carbocycles. The van der Waals surface area contributed by atoms with Crippen molar-refractivity contribution in [2.24, 2.45) is 0 Å². The quantitative estimate of drug-likeness (QED) is 0.201. The molecule has 0 aliphatic heterocycles. The summed E-state index contributed by atoms with van der Waals surface area (Å²) < 4.78 is 26.3. The molecule has 5 heteroatoms. The van der Waals surface area contributed by atoms with E-state index in [1.807, 2.05) is 6.07 Å². The monoisotopic (exact) mass is 560 g/mol. The summed E-state index contributed by atoms with van der Waals surface area (Å²) in [5.74, 6) is 0. The van der Waals surface area contributed by atoms with Crippen LogP contribution in [0.3, 0.4) is 0 Å². The van der Waals surface area contributed by atoms with Crippen molar-refractivity contribution in [2.75, 3.05) is 19.8 Å². The Morgan fingerprint density at radius 2 is 1.30 bits per heavy atom. The van der Waals surface area contributed by atoms with E-state index in [0.717, 1.165) is 32.1 Å². The Balaban J connectivity index is 1.43. The van der Waals surface area contributed by atoms with Crippen molar-refractivity contribution in [3.8, 4) is 0 Å². The van der Waals surface area contributed by atoms with E-state index >= 15 is 0 Å². The largest absolute Gasteiger partial charge is 0.405 e. The van der Waals surface area contributed by atoms with Crippen molar-refractivity contribution in [3.63, 3.8) is 0 Å². The van der Waals surface area contributed by atoms with Crippen molar-refractivity contribution in [1.82, 2.24) is 0 Å². The first-order chi connectivity index (χ1) is 19.4. The average Bonchev–Trinajstić information content (AvgIpc) is 2.98. The maximum absolute atomic E-state index is 7.18. The summed E-state index contributed by atoms with van der Waals surface area (Å²) >= 11 is 0. The van der Waals surface area contributed by atoms with Crippen molar-refractivity contribution >= 4 is 18.7 Å². The summed E-state index contributed by atoms with van der Waals surface area (Å²) in [5, 5.41) is 2.50. The Hall–Kier alpha value is -2.28. The molecule has 40 heavy (non-hydrogen) atoms. The summed E-state index contributed by atoms with van der Waals surface area (Å²) in [5.41, 5.74) is 1.22. The van der Waals surface area contributed by atoms with Gasteiger partial charge in [0.25, 0.3) is 8.32 Å². The second kappa shape index (κ2) is 15.1. The molecule has 0 heterocycles. The third-order valence-electron chi connectivity index (χ3n) is 7.88. The van der Waals surface area contributed by atoms with Crippen molar-refractivity contribution < 1.29 is 18.6 Å². The highest BCUT2D eigenvalue weighted by Crippen LogP contribution is 2.37. The van der Waals surface area contributed by atoms with Gasteiger partial charge in [0.05, 0.1) is 32.0 Å². The van der Waals surface area contributed by atoms with E-state index in [0.29, 0.717) is 26.4 Å². The molecule has 1 aliphatic carbocycles. The number of rotatable bonds is 14. The molecule has 0 N–H and O–H groups in total. The number of hydrogen-bond donors (Lipinski definition) is 0. The topological polar surface area (TPSA) is 36.9 Å². The van der Waals surface area contributed by atoms with Gasteiger partial charge in [0.15, 0.2) is 0 Å². The lowest BCUT2D eigenvalue weighted by molar-refractivity contribution is -0.0908. The molecule has 0 spiro atoms. The minimum absolute atomic E-state index is 0.0709. The van der Waals surface area contributed by atoms with Crippen molar-refractivity contribution in [1.29, 1.82) is 0 Å². The van der Waals surface area contributed by atoms with E-state index in [2.05, 4.69) is 113 Å². The standard InChI is InChI=1S/C35H48O4Si/c1-5-24-36-32(27-38-31-19-15-18-30(25-31)37-26-29-16-9-6-10-17-29)28-39-40(35(2,3)4,33-20-11-7-12-21-33)34-22-13-8-14-23-34/h6-14,16-17,20-23,30-32H,5,15,18-19,24-28H2,1-4H3/t30-,31+,32?/m1/s1. The molecule has 1 saturated carbocycles. The molecule has 4 rings (SSSR count). The Labute approximate surface area is 243 Å². The molecule has 0 aromatic heterocycles. The van der Waals surface area contributed by atoms with Gasteiger partial charge in [0.1, 0.15) is 6.10 Å². The maximum atomic E-state index is 7.18. The van der Waals surface area contributed by atoms with Gasteiger partial charge < -0.3 is 18.6 Å². The lowest BCUT2D eigenvalue weighted by atomic mass is 9.95. The summed E-state index contributed by atoms with van der Waals surface area (Å²) in [7, 11) is -2.63. The molecule has 0 bridgehead atoms. The molecule has 0 radical (unpaired) electrons. The predicted octanol–water partition coefficient (Wildman–Crippen LogP) is 6.90. The van der Waals surface area contributed by atoms with Gasteiger partial charge >= 0.3 is 0 Å². The van der Waals surface area contributed by atoms with E-state index in [1.165, 1.54) is 15.9 Å². The Morgan fingerprint density at radius 3 is 1.85 bits per heavy atom. The number of hydrogen-bond acceptors (Lipinski definition) is 4. The molecule has 0 amide bonds. The average molecular weight is 561 g/mol. The Kier molecular flexibility index (Phi) is 11.6. The van der Waals surface area contributed by atoms with Crippen LogP contribution < -0.4 is 10.4 Å². The SMILES string of the molecule is CCCOC(CO[C@H]1CCC[C@@H](OCc2ccccc2)C1)CO[Si](c1ccccc1)(c1ccccc1)C(C)(C)C. The van der Waals surface area contributed by atoms with Crippen LogP contribution in [0, 0.1) is 0 Å².